The fraction of sp³-hybridized carbons (Fsp3) is 0.745. The maximum Gasteiger partial charge on any atom is 0.408 e. The highest BCUT2D eigenvalue weighted by Gasteiger charge is 2.58. The molecule has 0 saturated carbocycles. The number of nitrogens with zero attached hydrogens (tertiary/aromatic N) is 2. The Hall–Kier alpha value is -4.27. The van der Waals surface area contributed by atoms with E-state index < -0.39 is 126 Å². The summed E-state index contributed by atoms with van der Waals surface area (Å²) >= 11 is 1.47. The van der Waals surface area contributed by atoms with E-state index in [0.717, 1.165) is 4.90 Å². The first-order valence-corrected chi connectivity index (χ1v) is 28.1. The Labute approximate surface area is 461 Å². The van der Waals surface area contributed by atoms with Gasteiger partial charge in [-0.2, -0.15) is 0 Å². The quantitative estimate of drug-likeness (QED) is 0.0655. The molecule has 0 aliphatic carbocycles. The number of nitrogens with one attached hydrogen (secondary N) is 2. The van der Waals surface area contributed by atoms with Gasteiger partial charge >= 0.3 is 24.0 Å². The number of hydrogen-bond donors (Lipinski definition) is 4. The number of ketones is 1. The summed E-state index contributed by atoms with van der Waals surface area (Å²) in [5.74, 6) is -7.34. The van der Waals surface area contributed by atoms with E-state index in [4.69, 9.17) is 47.4 Å². The maximum absolute atomic E-state index is 14.8. The number of amides is 1. The number of benzene rings is 1. The second-order valence-corrected chi connectivity index (χ2v) is 23.3. The zero-order valence-corrected chi connectivity index (χ0v) is 48.7. The van der Waals surface area contributed by atoms with Crippen molar-refractivity contribution in [2.45, 2.75) is 198 Å². The molecule has 1 aromatic heterocycles. The number of aromatic nitrogens is 1. The third-order valence-corrected chi connectivity index (χ3v) is 17.3. The topological polar surface area (TPSA) is 267 Å². The Morgan fingerprint density at radius 1 is 0.949 bits per heavy atom. The van der Waals surface area contributed by atoms with Crippen molar-refractivity contribution in [2.24, 2.45) is 23.7 Å². The number of aliphatic hydroxyl groups is 1. The highest BCUT2D eigenvalue weighted by molar-refractivity contribution is 7.99. The minimum atomic E-state index is -1.65. The average molecular weight is 1120 g/mol. The summed E-state index contributed by atoms with van der Waals surface area (Å²) in [7, 11) is 6.60. The van der Waals surface area contributed by atoms with Gasteiger partial charge in [-0.15, -0.1) is 11.8 Å². The van der Waals surface area contributed by atoms with Crippen LogP contribution in [0.1, 0.15) is 112 Å². The van der Waals surface area contributed by atoms with Crippen molar-refractivity contribution in [1.82, 2.24) is 20.1 Å². The lowest BCUT2D eigenvalue weighted by molar-refractivity contribution is -0.454. The third kappa shape index (κ3) is 13.6. The van der Waals surface area contributed by atoms with Crippen molar-refractivity contribution in [3.05, 3.63) is 40.2 Å². The maximum atomic E-state index is 14.8. The van der Waals surface area contributed by atoms with Gasteiger partial charge < -0.3 is 72.9 Å². The van der Waals surface area contributed by atoms with Gasteiger partial charge in [0.05, 0.1) is 47.8 Å². The number of thioether (sulfide) groups is 1. The van der Waals surface area contributed by atoms with Crippen LogP contribution < -0.4 is 16.1 Å². The molecule has 0 unspecified atom stereocenters. The number of ether oxygens (including phenoxy) is 10. The van der Waals surface area contributed by atoms with E-state index in [1.807, 2.05) is 38.9 Å². The summed E-state index contributed by atoms with van der Waals surface area (Å²) in [5, 5.41) is 27.8. The number of aromatic carboxylic acids is 1. The average Bonchev–Trinajstić information content (AvgIpc) is 3.80. The zero-order chi connectivity index (χ0) is 57.8. The minimum Gasteiger partial charge on any atom is -0.477 e. The molecule has 5 heterocycles. The minimum absolute atomic E-state index is 0.0264. The summed E-state index contributed by atoms with van der Waals surface area (Å²) in [6.07, 6.45) is -6.53. The molecule has 2 aromatic rings. The normalized spacial score (nSPS) is 37.0. The van der Waals surface area contributed by atoms with E-state index in [-0.39, 0.29) is 49.3 Å². The summed E-state index contributed by atoms with van der Waals surface area (Å²) in [6.45, 7) is 18.9. The lowest BCUT2D eigenvalue weighted by Gasteiger charge is -2.50. The summed E-state index contributed by atoms with van der Waals surface area (Å²) in [4.78, 5) is 83.2. The molecule has 0 bridgehead atoms. The zero-order valence-electron chi connectivity index (χ0n) is 47.9. The number of cyclic esters (lactones) is 1. The van der Waals surface area contributed by atoms with Gasteiger partial charge in [0.1, 0.15) is 29.7 Å². The number of aryl methyl sites for hydroxylation is 1. The number of aliphatic hydroxyl groups excluding tert-OH is 1. The monoisotopic (exact) mass is 1120 g/mol. The van der Waals surface area contributed by atoms with Crippen LogP contribution >= 0.6 is 11.8 Å². The van der Waals surface area contributed by atoms with Crippen LogP contribution in [-0.4, -0.2) is 181 Å². The van der Waals surface area contributed by atoms with Crippen molar-refractivity contribution in [1.29, 1.82) is 0 Å². The fourth-order valence-corrected chi connectivity index (χ4v) is 12.6. The Kier molecular flexibility index (Phi) is 21.1. The molecule has 22 nitrogen and oxygen atoms in total. The molecular weight excluding hydrogens is 1040 g/mol. The van der Waals surface area contributed by atoms with Crippen LogP contribution in [0.5, 0.6) is 0 Å². The Bertz CT molecular complexity index is 2520. The van der Waals surface area contributed by atoms with Crippen LogP contribution in [0.4, 0.5) is 4.79 Å². The molecule has 1 amide bonds. The molecular formula is C55H84N4O18S. The van der Waals surface area contributed by atoms with Crippen LogP contribution in [0.3, 0.4) is 0 Å². The van der Waals surface area contributed by atoms with Gasteiger partial charge in [-0.3, -0.25) is 23.9 Å². The molecule has 18 atom stereocenters. The van der Waals surface area contributed by atoms with E-state index in [1.165, 1.54) is 32.2 Å². The highest BCUT2D eigenvalue weighted by Crippen LogP contribution is 2.43. The molecule has 0 spiro atoms. The number of esters is 2. The smallest absolute Gasteiger partial charge is 0.408 e. The van der Waals surface area contributed by atoms with Gasteiger partial charge in [0.15, 0.2) is 18.0 Å². The Morgan fingerprint density at radius 3 is 2.28 bits per heavy atom. The van der Waals surface area contributed by atoms with E-state index in [9.17, 15) is 39.0 Å². The number of rotatable bonds is 18. The van der Waals surface area contributed by atoms with Crippen LogP contribution in [-0.2, 0) is 68.3 Å². The molecule has 6 rings (SSSR count). The largest absolute Gasteiger partial charge is 0.477 e. The predicted molar refractivity (Wildman–Crippen MR) is 286 cm³/mol. The Balaban J connectivity index is 1.21. The number of carboxylic acids is 1. The number of pyridine rings is 1. The van der Waals surface area contributed by atoms with Crippen molar-refractivity contribution < 1.29 is 81.6 Å². The van der Waals surface area contributed by atoms with Crippen molar-refractivity contribution in [3.8, 4) is 0 Å². The fourth-order valence-electron chi connectivity index (χ4n) is 11.7. The molecule has 4 aliphatic heterocycles. The second kappa shape index (κ2) is 26.1. The number of carbonyl (C=O) groups excluding carboxylic acids is 4. The molecule has 23 heteroatoms. The number of carbonyl (C=O) groups is 5. The number of alkyl carbamates (subject to hydrolysis) is 1. The van der Waals surface area contributed by atoms with Gasteiger partial charge in [0, 0.05) is 79.9 Å². The number of carboxylic acid groups (broad SMARTS) is 1. The molecule has 78 heavy (non-hydrogen) atoms. The van der Waals surface area contributed by atoms with Crippen molar-refractivity contribution in [2.75, 3.05) is 47.2 Å². The molecule has 4 N–H and O–H groups in total. The molecule has 4 saturated heterocycles. The third-order valence-electron chi connectivity index (χ3n) is 16.3. The highest BCUT2D eigenvalue weighted by atomic mass is 32.2. The summed E-state index contributed by atoms with van der Waals surface area (Å²) < 4.78 is 65.0. The number of Topliss-reactive ketones (excluding diaryl/α,β-unsaturated/α-hetero) is 1. The number of hydrogen-bond acceptors (Lipinski definition) is 20. The SMILES string of the molecule is CC[C@@H]1OC(=O)[C@H](C)[C@H](O[C@@H]2O[C@H](C)[C@H](OC(=O)CCNCCSc3ccc4c(c3)c(=O)c(C(=O)O)cn4CC)[C@@](C)(OC)O2)[C@@H](C)[C@H](O[C@H]2O[C@@H](C)C[C@@H](N(C)C)[C@H]2O)[C@](C)(OC)C[C@H](C)C(=O)[C@@H](C)[C@@H]2NC(=O)O[C@@]12C. The number of likely N-dealkylation sites (N-methyl/N-ethyl adjacent to an activating group) is 1. The first-order valence-electron chi connectivity index (χ1n) is 27.1. The van der Waals surface area contributed by atoms with Gasteiger partial charge in [0.25, 0.3) is 6.48 Å². The Morgan fingerprint density at radius 2 is 1.65 bits per heavy atom. The molecule has 1 aromatic carbocycles. The van der Waals surface area contributed by atoms with Gasteiger partial charge in [-0.1, -0.05) is 27.7 Å². The number of fused-ring (bicyclic) bond motifs is 2. The summed E-state index contributed by atoms with van der Waals surface area (Å²) in [5.41, 5.74) is -2.96. The van der Waals surface area contributed by atoms with Crippen molar-refractivity contribution >= 4 is 52.4 Å². The summed E-state index contributed by atoms with van der Waals surface area (Å²) in [6, 6.07) is 4.17. The molecule has 4 aliphatic rings. The lowest BCUT2D eigenvalue weighted by Crippen LogP contribution is -2.62. The molecule has 438 valence electrons. The molecule has 0 radical (unpaired) electrons. The van der Waals surface area contributed by atoms with Crippen molar-refractivity contribution in [3.63, 3.8) is 0 Å². The van der Waals surface area contributed by atoms with Gasteiger partial charge in [-0.05, 0) is 100 Å². The predicted octanol–water partition coefficient (Wildman–Crippen LogP) is 5.09. The van der Waals surface area contributed by atoms with Crippen LogP contribution in [0.15, 0.2) is 34.1 Å². The van der Waals surface area contributed by atoms with E-state index >= 15 is 0 Å². The standard InChI is InChI=1S/C55H84N4O18S/c1-16-39-54(10)45(57-51(67)76-54)30(5)41(61)28(3)26-53(9,68-14)46(75-50-43(63)38(58(12)13)24-29(4)70-50)31(6)44(32(7)49(66)72-39)74-52-71-33(8)47(55(11,69-15)77-52)73-40(60)20-21-56-22-23-78-34-18-19-37-35(25-34)42(62)36(48(64)65)27-59(37)17-2/h18-19,25,27-33,38-39,43-47,50,52,56,63H,16-17,20-24,26H2,1-15H3,(H,57,67)(H,64,65)/t28-,29-,30+,31+,32+,33+,38+,39-,43+,44+,45-,46-,47-,50+,52-,53+,54-,55-/m0/s1. The van der Waals surface area contributed by atoms with E-state index in [1.54, 1.807) is 79.0 Å². The van der Waals surface area contributed by atoms with E-state index in [2.05, 4.69) is 10.6 Å². The lowest BCUT2D eigenvalue weighted by atomic mass is 9.73. The van der Waals surface area contributed by atoms with Crippen LogP contribution in [0.25, 0.3) is 10.9 Å². The number of methoxy groups -OCH3 is 2. The van der Waals surface area contributed by atoms with Gasteiger partial charge in [0.2, 0.25) is 11.2 Å². The van der Waals surface area contributed by atoms with Crippen LogP contribution in [0, 0.1) is 23.7 Å². The second-order valence-electron chi connectivity index (χ2n) is 22.1. The van der Waals surface area contributed by atoms with Gasteiger partial charge in [-0.25, -0.2) is 9.59 Å². The van der Waals surface area contributed by atoms with Crippen LogP contribution in [0.2, 0.25) is 0 Å². The first kappa shape index (κ1) is 62.9. The molecule has 4 fully saturated rings. The van der Waals surface area contributed by atoms with E-state index in [0.29, 0.717) is 36.2 Å². The first-order chi connectivity index (χ1) is 36.7.